The Morgan fingerprint density at radius 1 is 1.00 bits per heavy atom. The summed E-state index contributed by atoms with van der Waals surface area (Å²) in [6.45, 7) is 3.34. The molecule has 13 heteroatoms. The molecule has 5 rings (SSSR count). The van der Waals surface area contributed by atoms with Crippen LogP contribution in [0, 0.1) is 0 Å². The predicted molar refractivity (Wildman–Crippen MR) is 183 cm³/mol. The summed E-state index contributed by atoms with van der Waals surface area (Å²) in [6.07, 6.45) is 1.38. The second-order valence-electron chi connectivity index (χ2n) is 10.5. The summed E-state index contributed by atoms with van der Waals surface area (Å²) in [7, 11) is 1.43. The van der Waals surface area contributed by atoms with Crippen molar-refractivity contribution in [3.05, 3.63) is 111 Å². The van der Waals surface area contributed by atoms with Gasteiger partial charge in [-0.1, -0.05) is 71.7 Å². The molecule has 0 fully saturated rings. The van der Waals surface area contributed by atoms with E-state index in [0.717, 1.165) is 16.3 Å². The molecule has 1 aliphatic rings. The molecule has 0 aromatic heterocycles. The molecule has 1 heterocycles. The van der Waals surface area contributed by atoms with Gasteiger partial charge in [-0.25, -0.2) is 15.0 Å². The summed E-state index contributed by atoms with van der Waals surface area (Å²) >= 11 is 12.7. The highest BCUT2D eigenvalue weighted by Gasteiger charge is 2.32. The number of hydrogen-bond acceptors (Lipinski definition) is 8. The average molecular weight is 692 g/mol. The molecule has 0 bridgehead atoms. The fourth-order valence-corrected chi connectivity index (χ4v) is 5.72. The van der Waals surface area contributed by atoms with Gasteiger partial charge in [0.05, 0.1) is 36.6 Å². The first-order chi connectivity index (χ1) is 23.2. The van der Waals surface area contributed by atoms with Crippen molar-refractivity contribution in [3.8, 4) is 17.2 Å². The van der Waals surface area contributed by atoms with E-state index in [0.29, 0.717) is 32.6 Å². The second kappa shape index (κ2) is 15.6. The molecule has 248 valence electrons. The van der Waals surface area contributed by atoms with Crippen LogP contribution in [-0.4, -0.2) is 44.4 Å². The number of halogens is 2. The summed E-state index contributed by atoms with van der Waals surface area (Å²) in [6, 6.07) is 20.7. The lowest BCUT2D eigenvalue weighted by Gasteiger charge is -2.28. The van der Waals surface area contributed by atoms with Crippen LogP contribution in [0.5, 0.6) is 17.2 Å². The molecule has 3 amide bonds. The van der Waals surface area contributed by atoms with Crippen LogP contribution in [0.2, 0.25) is 10.0 Å². The van der Waals surface area contributed by atoms with E-state index in [1.54, 1.807) is 44.2 Å². The molecule has 0 aliphatic carbocycles. The molecule has 0 unspecified atom stereocenters. The van der Waals surface area contributed by atoms with Crippen molar-refractivity contribution in [2.45, 2.75) is 26.5 Å². The first-order valence-corrected chi connectivity index (χ1v) is 15.6. The molecule has 4 aromatic rings. The summed E-state index contributed by atoms with van der Waals surface area (Å²) in [5, 5.41) is 12.2. The number of nitrogens with one attached hydrogen (secondary N) is 3. The maximum atomic E-state index is 12.7. The van der Waals surface area contributed by atoms with Crippen LogP contribution in [0.15, 0.2) is 89.2 Å². The summed E-state index contributed by atoms with van der Waals surface area (Å²) in [4.78, 5) is 37.5. The number of ether oxygens (including phenoxy) is 4. The third kappa shape index (κ3) is 7.99. The van der Waals surface area contributed by atoms with Gasteiger partial charge in [0, 0.05) is 16.3 Å². The van der Waals surface area contributed by atoms with E-state index in [2.05, 4.69) is 21.2 Å². The number of urea groups is 1. The molecule has 1 aliphatic heterocycles. The number of nitrogens with zero attached hydrogens (tertiary/aromatic N) is 1. The number of rotatable bonds is 12. The molecule has 0 radical (unpaired) electrons. The maximum absolute atomic E-state index is 12.7. The number of fused-ring (bicyclic) bond motifs is 1. The highest BCUT2D eigenvalue weighted by atomic mass is 35.5. The molecule has 0 saturated carbocycles. The fourth-order valence-electron chi connectivity index (χ4n) is 5.15. The van der Waals surface area contributed by atoms with Gasteiger partial charge in [0.2, 0.25) is 0 Å². The number of benzene rings is 4. The molecule has 48 heavy (non-hydrogen) atoms. The molecular weight excluding hydrogens is 659 g/mol. The van der Waals surface area contributed by atoms with Gasteiger partial charge in [0.15, 0.2) is 18.1 Å². The Labute approximate surface area is 286 Å². The number of carbonyl (C=O) groups excluding carboxylic acids is 3. The number of carbonyl (C=O) groups is 3. The standard InChI is InChI=1S/C35H32Cl2N4O7/c1-4-46-34(43)31-20(2)39-35(44)40-32(31)22-12-13-28(29(15-22)45-3)47-19-30(42)41-38-17-24-14-25(36)16-27(37)33(24)48-18-23-10-7-9-21-8-5-6-11-26(21)23/h5-17,32H,4,18-19H2,1-3H3,(H,41,42)(H2,39,40,44)/b38-17+/t32-/m1/s1. The second-order valence-corrected chi connectivity index (χ2v) is 11.4. The zero-order valence-electron chi connectivity index (χ0n) is 26.3. The van der Waals surface area contributed by atoms with Crippen LogP contribution in [-0.2, 0) is 20.9 Å². The van der Waals surface area contributed by atoms with Crippen LogP contribution >= 0.6 is 23.2 Å². The van der Waals surface area contributed by atoms with Crippen molar-refractivity contribution in [3.63, 3.8) is 0 Å². The van der Waals surface area contributed by atoms with Crippen molar-refractivity contribution in [1.29, 1.82) is 0 Å². The fraction of sp³-hybridized carbons (Fsp3) is 0.200. The Kier molecular flexibility index (Phi) is 11.0. The molecule has 0 saturated heterocycles. The van der Waals surface area contributed by atoms with E-state index in [1.165, 1.54) is 13.3 Å². The zero-order chi connectivity index (χ0) is 34.2. The van der Waals surface area contributed by atoms with E-state index in [-0.39, 0.29) is 30.3 Å². The SMILES string of the molecule is CCOC(=O)C1=C(C)NC(=O)N[C@@H]1c1ccc(OCC(=O)N/N=C/c2cc(Cl)cc(Cl)c2OCc2cccc3ccccc23)c(OC)c1. The van der Waals surface area contributed by atoms with Crippen molar-refractivity contribution in [1.82, 2.24) is 16.1 Å². The van der Waals surface area contributed by atoms with E-state index in [1.807, 2.05) is 42.5 Å². The van der Waals surface area contributed by atoms with Gasteiger partial charge in [0.25, 0.3) is 5.91 Å². The van der Waals surface area contributed by atoms with Crippen LogP contribution in [0.3, 0.4) is 0 Å². The first kappa shape index (κ1) is 34.1. The molecule has 1 atom stereocenters. The number of methoxy groups -OCH3 is 1. The van der Waals surface area contributed by atoms with Gasteiger partial charge in [-0.15, -0.1) is 0 Å². The van der Waals surface area contributed by atoms with Crippen molar-refractivity contribution >= 4 is 58.1 Å². The van der Waals surface area contributed by atoms with Crippen LogP contribution in [0.25, 0.3) is 10.8 Å². The Morgan fingerprint density at radius 3 is 2.58 bits per heavy atom. The lowest BCUT2D eigenvalue weighted by atomic mass is 9.95. The Balaban J connectivity index is 1.24. The van der Waals surface area contributed by atoms with Crippen molar-refractivity contribution in [2.75, 3.05) is 20.3 Å². The Bertz CT molecular complexity index is 1920. The van der Waals surface area contributed by atoms with E-state index in [9.17, 15) is 14.4 Å². The van der Waals surface area contributed by atoms with E-state index >= 15 is 0 Å². The molecule has 0 spiro atoms. The number of amides is 3. The number of hydrogen-bond donors (Lipinski definition) is 3. The van der Waals surface area contributed by atoms with E-state index in [4.69, 9.17) is 42.1 Å². The van der Waals surface area contributed by atoms with Gasteiger partial charge in [-0.05, 0) is 60.0 Å². The highest BCUT2D eigenvalue weighted by Crippen LogP contribution is 2.35. The topological polar surface area (TPSA) is 137 Å². The summed E-state index contributed by atoms with van der Waals surface area (Å²) in [5.41, 5.74) is 5.03. The number of allylic oxidation sites excluding steroid dienone is 1. The minimum Gasteiger partial charge on any atom is -0.493 e. The maximum Gasteiger partial charge on any atom is 0.338 e. The molecular formula is C35H32Cl2N4O7. The number of esters is 1. The summed E-state index contributed by atoms with van der Waals surface area (Å²) < 4.78 is 22.5. The lowest BCUT2D eigenvalue weighted by Crippen LogP contribution is -2.45. The summed E-state index contributed by atoms with van der Waals surface area (Å²) in [5.74, 6) is -0.233. The predicted octanol–water partition coefficient (Wildman–Crippen LogP) is 6.45. The van der Waals surface area contributed by atoms with Crippen LogP contribution < -0.4 is 30.3 Å². The molecule has 4 aromatic carbocycles. The zero-order valence-corrected chi connectivity index (χ0v) is 27.8. The van der Waals surface area contributed by atoms with Crippen molar-refractivity contribution in [2.24, 2.45) is 5.10 Å². The smallest absolute Gasteiger partial charge is 0.338 e. The van der Waals surface area contributed by atoms with Gasteiger partial charge in [-0.2, -0.15) is 5.10 Å². The average Bonchev–Trinajstić information content (AvgIpc) is 3.06. The normalized spacial score (nSPS) is 14.4. The lowest BCUT2D eigenvalue weighted by molar-refractivity contribution is -0.139. The minimum atomic E-state index is -0.792. The number of hydrazone groups is 1. The third-order valence-corrected chi connectivity index (χ3v) is 7.83. The minimum absolute atomic E-state index is 0.173. The van der Waals surface area contributed by atoms with Gasteiger partial charge in [0.1, 0.15) is 12.4 Å². The quantitative estimate of drug-likeness (QED) is 0.0882. The third-order valence-electron chi connectivity index (χ3n) is 7.33. The van der Waals surface area contributed by atoms with E-state index < -0.39 is 30.6 Å². The molecule has 3 N–H and O–H groups in total. The highest BCUT2D eigenvalue weighted by molar-refractivity contribution is 6.36. The largest absolute Gasteiger partial charge is 0.493 e. The first-order valence-electron chi connectivity index (χ1n) is 14.8. The monoisotopic (exact) mass is 690 g/mol. The van der Waals surface area contributed by atoms with Crippen LogP contribution in [0.4, 0.5) is 4.79 Å². The van der Waals surface area contributed by atoms with Crippen LogP contribution in [0.1, 0.15) is 36.6 Å². The van der Waals surface area contributed by atoms with Gasteiger partial charge < -0.3 is 29.6 Å². The Morgan fingerprint density at radius 2 is 1.79 bits per heavy atom. The van der Waals surface area contributed by atoms with Crippen molar-refractivity contribution < 1.29 is 33.3 Å². The van der Waals surface area contributed by atoms with Gasteiger partial charge in [-0.3, -0.25) is 4.79 Å². The van der Waals surface area contributed by atoms with Gasteiger partial charge >= 0.3 is 12.0 Å². The Hall–Kier alpha value is -5.26. The molecule has 11 nitrogen and oxygen atoms in total.